The van der Waals surface area contributed by atoms with Crippen molar-refractivity contribution in [2.75, 3.05) is 5.75 Å². The van der Waals surface area contributed by atoms with E-state index in [4.69, 9.17) is 11.6 Å². The average molecular weight is 287 g/mol. The van der Waals surface area contributed by atoms with E-state index < -0.39 is 0 Å². The van der Waals surface area contributed by atoms with Gasteiger partial charge in [0, 0.05) is 26.8 Å². The lowest BCUT2D eigenvalue weighted by atomic mass is 10.1. The van der Waals surface area contributed by atoms with E-state index in [0.29, 0.717) is 15.5 Å². The van der Waals surface area contributed by atoms with Crippen LogP contribution in [0.4, 0.5) is 0 Å². The first-order valence-corrected chi connectivity index (χ1v) is 8.01. The van der Waals surface area contributed by atoms with Gasteiger partial charge in [-0.3, -0.25) is 4.79 Å². The molecule has 0 aromatic heterocycles. The van der Waals surface area contributed by atoms with Crippen LogP contribution in [0.5, 0.6) is 0 Å². The van der Waals surface area contributed by atoms with Crippen molar-refractivity contribution in [1.82, 2.24) is 0 Å². The van der Waals surface area contributed by atoms with Crippen molar-refractivity contribution in [3.05, 3.63) is 34.9 Å². The van der Waals surface area contributed by atoms with Gasteiger partial charge in [0.15, 0.2) is 5.78 Å². The number of ketones is 1. The second-order valence-corrected chi connectivity index (χ2v) is 7.67. The van der Waals surface area contributed by atoms with Crippen LogP contribution in [0, 0.1) is 0 Å². The Morgan fingerprint density at radius 2 is 2.12 bits per heavy atom. The summed E-state index contributed by atoms with van der Waals surface area (Å²) in [6.07, 6.45) is 0. The van der Waals surface area contributed by atoms with Gasteiger partial charge in [0.2, 0.25) is 0 Å². The average Bonchev–Trinajstić information content (AvgIpc) is 2.32. The van der Waals surface area contributed by atoms with Gasteiger partial charge in [-0.25, -0.2) is 0 Å². The summed E-state index contributed by atoms with van der Waals surface area (Å²) in [5, 5.41) is 1.86. The Labute approximate surface area is 116 Å². The molecule has 2 rings (SSSR count). The number of thioether (sulfide) groups is 2. The highest BCUT2D eigenvalue weighted by atomic mass is 35.5. The first kappa shape index (κ1) is 13.3. The first-order chi connectivity index (χ1) is 8.08. The van der Waals surface area contributed by atoms with Gasteiger partial charge in [0.05, 0.1) is 5.25 Å². The van der Waals surface area contributed by atoms with Gasteiger partial charge in [-0.2, -0.15) is 11.8 Å². The first-order valence-electron chi connectivity index (χ1n) is 5.65. The zero-order valence-corrected chi connectivity index (χ0v) is 12.2. The molecule has 0 bridgehead atoms. The Balaban J connectivity index is 2.10. The van der Waals surface area contributed by atoms with E-state index in [-0.39, 0.29) is 11.0 Å². The monoisotopic (exact) mass is 286 g/mol. The van der Waals surface area contributed by atoms with E-state index in [9.17, 15) is 4.79 Å². The summed E-state index contributed by atoms with van der Waals surface area (Å²) in [6, 6.07) is 7.24. The Kier molecular flexibility index (Phi) is 4.45. The molecule has 1 aromatic rings. The molecule has 0 spiro atoms. The van der Waals surface area contributed by atoms with Gasteiger partial charge in [-0.05, 0) is 12.1 Å². The number of rotatable bonds is 2. The second-order valence-electron chi connectivity index (χ2n) is 4.24. The maximum Gasteiger partial charge on any atom is 0.176 e. The molecule has 3 atom stereocenters. The van der Waals surface area contributed by atoms with E-state index in [1.165, 1.54) is 0 Å². The molecule has 1 heterocycles. The molecule has 1 aromatic carbocycles. The van der Waals surface area contributed by atoms with Crippen molar-refractivity contribution in [2.24, 2.45) is 0 Å². The van der Waals surface area contributed by atoms with Gasteiger partial charge in [0.25, 0.3) is 0 Å². The molecule has 0 amide bonds. The van der Waals surface area contributed by atoms with Crippen LogP contribution in [0.25, 0.3) is 0 Å². The third-order valence-corrected chi connectivity index (χ3v) is 6.58. The Morgan fingerprint density at radius 1 is 1.35 bits per heavy atom. The van der Waals surface area contributed by atoms with E-state index in [2.05, 4.69) is 13.8 Å². The SMILES string of the molecule is CC1SCC(C(=O)c2cccc(Cl)c2)SC1C. The molecule has 3 unspecified atom stereocenters. The van der Waals surface area contributed by atoms with Crippen molar-refractivity contribution in [3.63, 3.8) is 0 Å². The van der Waals surface area contributed by atoms with E-state index in [1.807, 2.05) is 23.9 Å². The van der Waals surface area contributed by atoms with Crippen LogP contribution >= 0.6 is 35.1 Å². The predicted octanol–water partition coefficient (Wildman–Crippen LogP) is 4.15. The maximum absolute atomic E-state index is 12.3. The summed E-state index contributed by atoms with van der Waals surface area (Å²) in [6.45, 7) is 4.42. The normalized spacial score (nSPS) is 29.0. The highest BCUT2D eigenvalue weighted by Gasteiger charge is 2.30. The van der Waals surface area contributed by atoms with E-state index in [1.54, 1.807) is 23.9 Å². The summed E-state index contributed by atoms with van der Waals surface area (Å²) < 4.78 is 0. The van der Waals surface area contributed by atoms with Crippen molar-refractivity contribution >= 4 is 40.9 Å². The number of hydrogen-bond acceptors (Lipinski definition) is 3. The van der Waals surface area contributed by atoms with Crippen LogP contribution in [0.2, 0.25) is 5.02 Å². The van der Waals surface area contributed by atoms with Gasteiger partial charge in [-0.1, -0.05) is 37.6 Å². The summed E-state index contributed by atoms with van der Waals surface area (Å²) in [5.74, 6) is 1.12. The third-order valence-electron chi connectivity index (χ3n) is 2.95. The predicted molar refractivity (Wildman–Crippen MR) is 78.5 cm³/mol. The lowest BCUT2D eigenvalue weighted by molar-refractivity contribution is 0.0995. The molecule has 4 heteroatoms. The molecular formula is C13H15ClOS2. The number of carbonyl (C=O) groups is 1. The minimum absolute atomic E-state index is 0.0738. The largest absolute Gasteiger partial charge is 0.293 e. The van der Waals surface area contributed by atoms with Crippen molar-refractivity contribution in [1.29, 1.82) is 0 Å². The molecule has 0 N–H and O–H groups in total. The molecule has 1 nitrogen and oxygen atoms in total. The minimum Gasteiger partial charge on any atom is -0.293 e. The molecule has 1 aliphatic rings. The third kappa shape index (κ3) is 3.21. The molecule has 92 valence electrons. The molecule has 1 aliphatic heterocycles. The fourth-order valence-electron chi connectivity index (χ4n) is 1.75. The number of benzene rings is 1. The van der Waals surface area contributed by atoms with Gasteiger partial charge >= 0.3 is 0 Å². The fourth-order valence-corrected chi connectivity index (χ4v) is 4.82. The zero-order valence-electron chi connectivity index (χ0n) is 9.85. The number of carbonyl (C=O) groups excluding carboxylic acids is 1. The van der Waals surface area contributed by atoms with Crippen LogP contribution in [-0.4, -0.2) is 27.3 Å². The maximum atomic E-state index is 12.3. The minimum atomic E-state index is 0.0738. The Hall–Kier alpha value is -0.120. The second kappa shape index (κ2) is 5.68. The lowest BCUT2D eigenvalue weighted by Gasteiger charge is -2.30. The number of Topliss-reactive ketones (excluding diaryl/α,β-unsaturated/α-hetero) is 1. The summed E-state index contributed by atoms with van der Waals surface area (Å²) >= 11 is 9.59. The lowest BCUT2D eigenvalue weighted by Crippen LogP contribution is -2.31. The van der Waals surface area contributed by atoms with Crippen LogP contribution in [0.1, 0.15) is 24.2 Å². The van der Waals surface area contributed by atoms with Crippen molar-refractivity contribution in [3.8, 4) is 0 Å². The van der Waals surface area contributed by atoms with E-state index in [0.717, 1.165) is 11.3 Å². The van der Waals surface area contributed by atoms with Crippen LogP contribution in [-0.2, 0) is 0 Å². The highest BCUT2D eigenvalue weighted by molar-refractivity contribution is 8.08. The molecule has 17 heavy (non-hydrogen) atoms. The van der Waals surface area contributed by atoms with Crippen molar-refractivity contribution < 1.29 is 4.79 Å². The van der Waals surface area contributed by atoms with Crippen molar-refractivity contribution in [2.45, 2.75) is 29.6 Å². The van der Waals surface area contributed by atoms with Crippen LogP contribution in [0.3, 0.4) is 0 Å². The Bertz CT molecular complexity index is 422. The molecule has 0 aliphatic carbocycles. The smallest absolute Gasteiger partial charge is 0.176 e. The number of hydrogen-bond donors (Lipinski definition) is 0. The number of halogens is 1. The molecule has 0 radical (unpaired) electrons. The molecule has 0 saturated carbocycles. The summed E-state index contributed by atoms with van der Waals surface area (Å²) in [5.41, 5.74) is 0.734. The zero-order chi connectivity index (χ0) is 12.4. The quantitative estimate of drug-likeness (QED) is 0.761. The van der Waals surface area contributed by atoms with Crippen LogP contribution in [0.15, 0.2) is 24.3 Å². The summed E-state index contributed by atoms with van der Waals surface area (Å²) in [7, 11) is 0. The molecular weight excluding hydrogens is 272 g/mol. The topological polar surface area (TPSA) is 17.1 Å². The molecule has 1 fully saturated rings. The van der Waals surface area contributed by atoms with Gasteiger partial charge < -0.3 is 0 Å². The Morgan fingerprint density at radius 3 is 2.76 bits per heavy atom. The van der Waals surface area contributed by atoms with Crippen LogP contribution < -0.4 is 0 Å². The van der Waals surface area contributed by atoms with Gasteiger partial charge in [-0.15, -0.1) is 11.8 Å². The van der Waals surface area contributed by atoms with Gasteiger partial charge in [0.1, 0.15) is 0 Å². The highest BCUT2D eigenvalue weighted by Crippen LogP contribution is 2.37. The standard InChI is InChI=1S/C13H15ClOS2/c1-8-9(2)17-12(7-16-8)13(15)10-4-3-5-11(14)6-10/h3-6,8-9,12H,7H2,1-2H3. The molecule has 1 saturated heterocycles. The fraction of sp³-hybridized carbons (Fsp3) is 0.462. The van der Waals surface area contributed by atoms with E-state index >= 15 is 0 Å². The summed E-state index contributed by atoms with van der Waals surface area (Å²) in [4.78, 5) is 12.3.